The normalized spacial score (nSPS) is 12.4. The summed E-state index contributed by atoms with van der Waals surface area (Å²) in [6.45, 7) is 0. The van der Waals surface area contributed by atoms with Crippen molar-refractivity contribution in [1.82, 2.24) is 5.43 Å². The number of nitrogens with two attached hydrogens (primary N) is 1. The topological polar surface area (TPSA) is 38.0 Å². The Labute approximate surface area is 108 Å². The molecule has 2 rings (SSSR count). The molecule has 0 fully saturated rings. The van der Waals surface area contributed by atoms with Gasteiger partial charge in [0, 0.05) is 5.56 Å². The highest BCUT2D eigenvalue weighted by Gasteiger charge is 2.18. The maximum absolute atomic E-state index is 13.8. The maximum Gasteiger partial charge on any atom is 0.142 e. The highest BCUT2D eigenvalue weighted by Crippen LogP contribution is 2.27. The third kappa shape index (κ3) is 2.51. The van der Waals surface area contributed by atoms with Crippen molar-refractivity contribution in [3.05, 3.63) is 70.2 Å². The smallest absolute Gasteiger partial charge is 0.142 e. The van der Waals surface area contributed by atoms with Gasteiger partial charge in [-0.25, -0.2) is 14.2 Å². The second-order valence-corrected chi connectivity index (χ2v) is 4.21. The van der Waals surface area contributed by atoms with Gasteiger partial charge in [0.25, 0.3) is 0 Å². The summed E-state index contributed by atoms with van der Waals surface area (Å²) in [7, 11) is 0. The summed E-state index contributed by atoms with van der Waals surface area (Å²) in [5.41, 5.74) is 3.33. The molecule has 0 radical (unpaired) electrons. The molecule has 2 aromatic rings. The lowest BCUT2D eigenvalue weighted by Crippen LogP contribution is -2.29. The van der Waals surface area contributed by atoms with Crippen LogP contribution in [0.4, 0.5) is 8.78 Å². The van der Waals surface area contributed by atoms with E-state index in [1.807, 2.05) is 6.07 Å². The molecule has 0 spiro atoms. The number of rotatable bonds is 3. The number of hydrazine groups is 1. The van der Waals surface area contributed by atoms with Gasteiger partial charge in [0.05, 0.1) is 11.1 Å². The molecule has 5 heteroatoms. The Morgan fingerprint density at radius 2 is 1.72 bits per heavy atom. The Morgan fingerprint density at radius 3 is 2.33 bits per heavy atom. The van der Waals surface area contributed by atoms with Crippen LogP contribution < -0.4 is 11.3 Å². The fraction of sp³-hybridized carbons (Fsp3) is 0.0769. The van der Waals surface area contributed by atoms with Crippen LogP contribution in [0, 0.1) is 11.6 Å². The van der Waals surface area contributed by atoms with Crippen molar-refractivity contribution in [3.63, 3.8) is 0 Å². The van der Waals surface area contributed by atoms with Gasteiger partial charge >= 0.3 is 0 Å². The van der Waals surface area contributed by atoms with Crippen LogP contribution in [0.5, 0.6) is 0 Å². The fourth-order valence-electron chi connectivity index (χ4n) is 1.77. The number of halogens is 3. The minimum absolute atomic E-state index is 0.116. The van der Waals surface area contributed by atoms with E-state index >= 15 is 0 Å². The molecule has 0 aromatic heterocycles. The van der Waals surface area contributed by atoms with E-state index in [2.05, 4.69) is 5.43 Å². The molecule has 0 amide bonds. The molecule has 3 N–H and O–H groups in total. The summed E-state index contributed by atoms with van der Waals surface area (Å²) < 4.78 is 27.2. The standard InChI is InChI=1S/C13H11ClF2N2/c14-10-7-11(15)9(6-12(10)16)13(18-17)8-4-2-1-3-5-8/h1-7,13,18H,17H2. The number of hydrogen-bond donors (Lipinski definition) is 2. The van der Waals surface area contributed by atoms with Crippen LogP contribution in [0.1, 0.15) is 17.2 Å². The van der Waals surface area contributed by atoms with Gasteiger partial charge in [-0.05, 0) is 17.7 Å². The van der Waals surface area contributed by atoms with Crippen molar-refractivity contribution in [3.8, 4) is 0 Å². The van der Waals surface area contributed by atoms with Crippen molar-refractivity contribution in [2.45, 2.75) is 6.04 Å². The van der Waals surface area contributed by atoms with E-state index in [0.29, 0.717) is 0 Å². The van der Waals surface area contributed by atoms with Crippen LogP contribution in [0.25, 0.3) is 0 Å². The first-order valence-electron chi connectivity index (χ1n) is 5.29. The molecule has 1 unspecified atom stereocenters. The number of benzene rings is 2. The highest BCUT2D eigenvalue weighted by atomic mass is 35.5. The first kappa shape index (κ1) is 13.0. The Morgan fingerprint density at radius 1 is 1.06 bits per heavy atom. The second kappa shape index (κ2) is 5.44. The van der Waals surface area contributed by atoms with Crippen LogP contribution in [-0.4, -0.2) is 0 Å². The lowest BCUT2D eigenvalue weighted by molar-refractivity contribution is 0.546. The summed E-state index contributed by atoms with van der Waals surface area (Å²) in [5, 5.41) is -0.250. The van der Waals surface area contributed by atoms with E-state index in [0.717, 1.165) is 17.7 Å². The SMILES string of the molecule is NNC(c1ccccc1)c1cc(F)c(Cl)cc1F. The van der Waals surface area contributed by atoms with E-state index in [4.69, 9.17) is 17.4 Å². The number of nitrogens with one attached hydrogen (secondary N) is 1. The monoisotopic (exact) mass is 268 g/mol. The predicted octanol–water partition coefficient (Wildman–Crippen LogP) is 3.17. The third-order valence-corrected chi connectivity index (χ3v) is 2.94. The quantitative estimate of drug-likeness (QED) is 0.510. The van der Waals surface area contributed by atoms with E-state index < -0.39 is 17.7 Å². The molecule has 0 aliphatic carbocycles. The molecule has 18 heavy (non-hydrogen) atoms. The van der Waals surface area contributed by atoms with Gasteiger partial charge in [0.2, 0.25) is 0 Å². The molecular weight excluding hydrogens is 258 g/mol. The summed E-state index contributed by atoms with van der Waals surface area (Å²) in [5.74, 6) is 4.14. The average Bonchev–Trinajstić information content (AvgIpc) is 2.38. The van der Waals surface area contributed by atoms with Gasteiger partial charge in [-0.15, -0.1) is 0 Å². The summed E-state index contributed by atoms with van der Waals surface area (Å²) in [4.78, 5) is 0. The van der Waals surface area contributed by atoms with Crippen molar-refractivity contribution < 1.29 is 8.78 Å². The minimum Gasteiger partial charge on any atom is -0.271 e. The Balaban J connectivity index is 2.49. The molecule has 0 saturated heterocycles. The van der Waals surface area contributed by atoms with Crippen molar-refractivity contribution in [1.29, 1.82) is 0 Å². The summed E-state index contributed by atoms with van der Waals surface area (Å²) in [6, 6.07) is 10.3. The zero-order valence-electron chi connectivity index (χ0n) is 9.33. The lowest BCUT2D eigenvalue weighted by Gasteiger charge is -2.17. The van der Waals surface area contributed by atoms with Crippen LogP contribution in [-0.2, 0) is 0 Å². The second-order valence-electron chi connectivity index (χ2n) is 3.80. The van der Waals surface area contributed by atoms with Crippen LogP contribution in [0.2, 0.25) is 5.02 Å². The minimum atomic E-state index is -0.677. The average molecular weight is 269 g/mol. The third-order valence-electron chi connectivity index (χ3n) is 2.65. The van der Waals surface area contributed by atoms with Crippen molar-refractivity contribution in [2.24, 2.45) is 5.84 Å². The fourth-order valence-corrected chi connectivity index (χ4v) is 1.92. The molecule has 94 valence electrons. The number of hydrogen-bond acceptors (Lipinski definition) is 2. The Hall–Kier alpha value is -1.49. The lowest BCUT2D eigenvalue weighted by atomic mass is 9.99. The van der Waals surface area contributed by atoms with Gasteiger partial charge in [-0.3, -0.25) is 5.84 Å². The predicted molar refractivity (Wildman–Crippen MR) is 67.0 cm³/mol. The van der Waals surface area contributed by atoms with Crippen LogP contribution >= 0.6 is 11.6 Å². The van der Waals surface area contributed by atoms with Crippen LogP contribution in [0.3, 0.4) is 0 Å². The zero-order chi connectivity index (χ0) is 13.1. The largest absolute Gasteiger partial charge is 0.271 e. The molecule has 0 saturated carbocycles. The van der Waals surface area contributed by atoms with E-state index in [-0.39, 0.29) is 10.6 Å². The molecule has 0 aliphatic rings. The van der Waals surface area contributed by atoms with E-state index in [1.165, 1.54) is 0 Å². The zero-order valence-corrected chi connectivity index (χ0v) is 10.1. The Bertz CT molecular complexity index is 546. The first-order chi connectivity index (χ1) is 8.63. The van der Waals surface area contributed by atoms with E-state index in [1.54, 1.807) is 24.3 Å². The maximum atomic E-state index is 13.8. The van der Waals surface area contributed by atoms with Gasteiger partial charge in [-0.2, -0.15) is 0 Å². The molecule has 0 heterocycles. The highest BCUT2D eigenvalue weighted by molar-refractivity contribution is 6.30. The van der Waals surface area contributed by atoms with Gasteiger partial charge < -0.3 is 0 Å². The molecule has 1 atom stereocenters. The van der Waals surface area contributed by atoms with Crippen molar-refractivity contribution >= 4 is 11.6 Å². The Kier molecular flexibility index (Phi) is 3.91. The first-order valence-corrected chi connectivity index (χ1v) is 5.66. The summed E-state index contributed by atoms with van der Waals surface area (Å²) >= 11 is 5.51. The molecular formula is C13H11ClF2N2. The molecule has 0 bridgehead atoms. The molecule has 0 aliphatic heterocycles. The molecule has 2 nitrogen and oxygen atoms in total. The van der Waals surface area contributed by atoms with Gasteiger partial charge in [0.15, 0.2) is 0 Å². The van der Waals surface area contributed by atoms with Crippen LogP contribution in [0.15, 0.2) is 42.5 Å². The van der Waals surface area contributed by atoms with E-state index in [9.17, 15) is 8.78 Å². The van der Waals surface area contributed by atoms with Crippen molar-refractivity contribution in [2.75, 3.05) is 0 Å². The van der Waals surface area contributed by atoms with Gasteiger partial charge in [-0.1, -0.05) is 41.9 Å². The molecule has 2 aromatic carbocycles. The summed E-state index contributed by atoms with van der Waals surface area (Å²) in [6.07, 6.45) is 0. The van der Waals surface area contributed by atoms with Gasteiger partial charge in [0.1, 0.15) is 11.6 Å².